The van der Waals surface area contributed by atoms with Crippen LogP contribution in [0.1, 0.15) is 38.9 Å². The molecule has 0 bridgehead atoms. The molecule has 3 aromatic rings. The molecule has 0 spiro atoms. The number of likely N-dealkylation sites (N-methyl/N-ethyl adjacent to an activating group) is 1. The van der Waals surface area contributed by atoms with Crippen LogP contribution in [-0.4, -0.2) is 61.4 Å². The van der Waals surface area contributed by atoms with Gasteiger partial charge in [-0.05, 0) is 49.4 Å². The fraction of sp³-hybridized carbons (Fsp3) is 0.308. The minimum Gasteiger partial charge on any atom is -0.459 e. The van der Waals surface area contributed by atoms with E-state index in [1.807, 2.05) is 6.07 Å². The van der Waals surface area contributed by atoms with E-state index in [1.54, 1.807) is 36.4 Å². The minimum absolute atomic E-state index is 0.151. The van der Waals surface area contributed by atoms with Crippen LogP contribution in [0.3, 0.4) is 0 Å². The highest BCUT2D eigenvalue weighted by atomic mass is 16.3. The van der Waals surface area contributed by atoms with Crippen molar-refractivity contribution in [3.63, 3.8) is 0 Å². The Hall–Kier alpha value is -3.42. The molecule has 0 aliphatic carbocycles. The third kappa shape index (κ3) is 6.09. The molecule has 2 amide bonds. The first-order valence-corrected chi connectivity index (χ1v) is 11.3. The Bertz CT molecular complexity index is 1050. The van der Waals surface area contributed by atoms with Gasteiger partial charge in [-0.25, -0.2) is 0 Å². The molecule has 1 aromatic heterocycles. The van der Waals surface area contributed by atoms with Crippen LogP contribution < -0.4 is 10.6 Å². The van der Waals surface area contributed by atoms with Crippen LogP contribution in [-0.2, 0) is 0 Å². The molecule has 1 aliphatic heterocycles. The van der Waals surface area contributed by atoms with E-state index in [1.165, 1.54) is 11.8 Å². The smallest absolute Gasteiger partial charge is 0.291 e. The van der Waals surface area contributed by atoms with E-state index >= 15 is 0 Å². The van der Waals surface area contributed by atoms with Crippen molar-refractivity contribution < 1.29 is 14.0 Å². The van der Waals surface area contributed by atoms with Gasteiger partial charge in [-0.2, -0.15) is 0 Å². The lowest BCUT2D eigenvalue weighted by atomic mass is 10.0. The lowest BCUT2D eigenvalue weighted by molar-refractivity contribution is 0.0865. The molecule has 1 fully saturated rings. The molecule has 172 valence electrons. The van der Waals surface area contributed by atoms with Crippen LogP contribution in [0.4, 0.5) is 5.69 Å². The lowest BCUT2D eigenvalue weighted by Gasteiger charge is -2.40. The minimum atomic E-state index is -0.349. The summed E-state index contributed by atoms with van der Waals surface area (Å²) in [5, 5.41) is 5.75. The summed E-state index contributed by atoms with van der Waals surface area (Å²) in [6, 6.07) is 21.1. The second-order valence-corrected chi connectivity index (χ2v) is 8.35. The molecular formula is C26H30N4O3. The number of nitrogens with zero attached hydrogens (tertiary/aromatic N) is 2. The zero-order valence-electron chi connectivity index (χ0n) is 18.9. The highest BCUT2D eigenvalue weighted by Gasteiger charge is 2.26. The quantitative estimate of drug-likeness (QED) is 0.517. The Labute approximate surface area is 194 Å². The molecule has 7 nitrogen and oxygen atoms in total. The second-order valence-electron chi connectivity index (χ2n) is 8.35. The summed E-state index contributed by atoms with van der Waals surface area (Å²) in [6.45, 7) is 4.59. The Morgan fingerprint density at radius 1 is 1.00 bits per heavy atom. The van der Waals surface area contributed by atoms with Gasteiger partial charge in [0.25, 0.3) is 11.8 Å². The Balaban J connectivity index is 1.27. The zero-order chi connectivity index (χ0) is 23.0. The summed E-state index contributed by atoms with van der Waals surface area (Å²) >= 11 is 0. The van der Waals surface area contributed by atoms with Crippen LogP contribution >= 0.6 is 0 Å². The average Bonchev–Trinajstić information content (AvgIpc) is 3.38. The van der Waals surface area contributed by atoms with Crippen LogP contribution in [0.25, 0.3) is 0 Å². The van der Waals surface area contributed by atoms with Crippen molar-refractivity contribution in [1.29, 1.82) is 0 Å². The Kier molecular flexibility index (Phi) is 7.55. The van der Waals surface area contributed by atoms with Crippen LogP contribution in [0.5, 0.6) is 0 Å². The predicted octanol–water partition coefficient (Wildman–Crippen LogP) is 3.64. The van der Waals surface area contributed by atoms with Crippen LogP contribution in [0, 0.1) is 0 Å². The summed E-state index contributed by atoms with van der Waals surface area (Å²) in [5.74, 6) is -0.276. The van der Waals surface area contributed by atoms with Gasteiger partial charge in [0.2, 0.25) is 0 Å². The van der Waals surface area contributed by atoms with Gasteiger partial charge in [-0.3, -0.25) is 14.5 Å². The average molecular weight is 447 g/mol. The molecule has 7 heteroatoms. The number of hydrogen-bond acceptors (Lipinski definition) is 5. The molecule has 0 saturated carbocycles. The Morgan fingerprint density at radius 3 is 2.64 bits per heavy atom. The maximum Gasteiger partial charge on any atom is 0.291 e. The van der Waals surface area contributed by atoms with E-state index in [9.17, 15) is 9.59 Å². The number of furan rings is 1. The van der Waals surface area contributed by atoms with Gasteiger partial charge in [0.15, 0.2) is 5.76 Å². The van der Waals surface area contributed by atoms with Gasteiger partial charge in [0.1, 0.15) is 0 Å². The lowest BCUT2D eigenvalue weighted by Crippen LogP contribution is -2.47. The summed E-state index contributed by atoms with van der Waals surface area (Å²) < 4.78 is 5.10. The first-order valence-electron chi connectivity index (χ1n) is 11.3. The van der Waals surface area contributed by atoms with E-state index in [4.69, 9.17) is 4.42 Å². The molecular weight excluding hydrogens is 416 g/mol. The van der Waals surface area contributed by atoms with Gasteiger partial charge in [-0.1, -0.05) is 36.4 Å². The van der Waals surface area contributed by atoms with Gasteiger partial charge < -0.3 is 20.0 Å². The maximum absolute atomic E-state index is 12.6. The topological polar surface area (TPSA) is 77.8 Å². The normalized spacial score (nSPS) is 16.9. The maximum atomic E-state index is 12.6. The van der Waals surface area contributed by atoms with Crippen molar-refractivity contribution in [3.05, 3.63) is 89.9 Å². The standard InChI is InChI=1S/C26H30N4O3/c1-29-15-16-30(23(19-29)20-8-3-2-4-9-20)14-7-13-27-25(31)21-10-5-11-22(18-21)28-26(32)24-12-6-17-33-24/h2-6,8-12,17-18,23H,7,13-16,19H2,1H3,(H,27,31)(H,28,32). The molecule has 0 radical (unpaired) electrons. The number of hydrogen-bond donors (Lipinski definition) is 2. The summed E-state index contributed by atoms with van der Waals surface area (Å²) in [5.41, 5.74) is 2.39. The third-order valence-corrected chi connectivity index (χ3v) is 5.91. The third-order valence-electron chi connectivity index (χ3n) is 5.91. The Morgan fingerprint density at radius 2 is 1.85 bits per heavy atom. The monoisotopic (exact) mass is 446 g/mol. The van der Waals surface area contributed by atoms with Crippen molar-refractivity contribution in [2.45, 2.75) is 12.5 Å². The first kappa shape index (κ1) is 22.8. The SMILES string of the molecule is CN1CCN(CCCNC(=O)c2cccc(NC(=O)c3ccco3)c2)C(c2ccccc2)C1. The van der Waals surface area contributed by atoms with Gasteiger partial charge in [-0.15, -0.1) is 0 Å². The molecule has 2 N–H and O–H groups in total. The van der Waals surface area contributed by atoms with Crippen molar-refractivity contribution in [2.75, 3.05) is 45.1 Å². The van der Waals surface area contributed by atoms with E-state index < -0.39 is 0 Å². The molecule has 2 heterocycles. The van der Waals surface area contributed by atoms with Crippen molar-refractivity contribution >= 4 is 17.5 Å². The van der Waals surface area contributed by atoms with Crippen molar-refractivity contribution in [2.24, 2.45) is 0 Å². The van der Waals surface area contributed by atoms with Gasteiger partial charge in [0, 0.05) is 50.0 Å². The van der Waals surface area contributed by atoms with Gasteiger partial charge in [0.05, 0.1) is 6.26 Å². The van der Waals surface area contributed by atoms with Crippen LogP contribution in [0.2, 0.25) is 0 Å². The number of amides is 2. The number of carbonyl (C=O) groups excluding carboxylic acids is 2. The number of piperazine rings is 1. The number of rotatable bonds is 8. The molecule has 33 heavy (non-hydrogen) atoms. The van der Waals surface area contributed by atoms with E-state index in [2.05, 4.69) is 51.7 Å². The molecule has 1 saturated heterocycles. The van der Waals surface area contributed by atoms with Gasteiger partial charge >= 0.3 is 0 Å². The summed E-state index contributed by atoms with van der Waals surface area (Å²) in [7, 11) is 2.17. The summed E-state index contributed by atoms with van der Waals surface area (Å²) in [4.78, 5) is 29.7. The molecule has 4 rings (SSSR count). The summed E-state index contributed by atoms with van der Waals surface area (Å²) in [6.07, 6.45) is 2.32. The van der Waals surface area contributed by atoms with E-state index in [0.29, 0.717) is 23.8 Å². The van der Waals surface area contributed by atoms with Crippen molar-refractivity contribution in [3.8, 4) is 0 Å². The fourth-order valence-corrected chi connectivity index (χ4v) is 4.14. The highest BCUT2D eigenvalue weighted by Crippen LogP contribution is 2.24. The number of carbonyl (C=O) groups is 2. The molecule has 1 unspecified atom stereocenters. The number of anilines is 1. The van der Waals surface area contributed by atoms with E-state index in [-0.39, 0.29) is 17.6 Å². The zero-order valence-corrected chi connectivity index (χ0v) is 18.9. The van der Waals surface area contributed by atoms with Crippen molar-refractivity contribution in [1.82, 2.24) is 15.1 Å². The predicted molar refractivity (Wildman–Crippen MR) is 128 cm³/mol. The molecule has 1 aliphatic rings. The largest absolute Gasteiger partial charge is 0.459 e. The molecule has 1 atom stereocenters. The number of nitrogens with one attached hydrogen (secondary N) is 2. The number of benzene rings is 2. The second kappa shape index (κ2) is 10.9. The molecule has 2 aromatic carbocycles. The fourth-order valence-electron chi connectivity index (χ4n) is 4.14. The first-order chi connectivity index (χ1) is 16.1. The highest BCUT2D eigenvalue weighted by molar-refractivity contribution is 6.03. The van der Waals surface area contributed by atoms with Crippen LogP contribution in [0.15, 0.2) is 77.4 Å². The van der Waals surface area contributed by atoms with E-state index in [0.717, 1.165) is 32.6 Å².